The number of carbonyl (C=O) groups is 3. The van der Waals surface area contributed by atoms with Gasteiger partial charge in [-0.1, -0.05) is 12.1 Å². The van der Waals surface area contributed by atoms with Gasteiger partial charge in [-0.05, 0) is 24.3 Å². The van der Waals surface area contributed by atoms with Gasteiger partial charge >= 0.3 is 0 Å². The molecule has 3 amide bonds. The Morgan fingerprint density at radius 3 is 2.43 bits per heavy atom. The smallest absolute Gasteiger partial charge is 0.273 e. The van der Waals surface area contributed by atoms with E-state index in [2.05, 4.69) is 10.9 Å². The number of para-hydroxylation sites is 2. The Balaban J connectivity index is 1.69. The molecule has 10 heteroatoms. The van der Waals surface area contributed by atoms with Crippen LogP contribution >= 0.6 is 0 Å². The van der Waals surface area contributed by atoms with E-state index in [1.54, 1.807) is 30.3 Å². The number of ether oxygens (including phenoxy) is 4. The summed E-state index contributed by atoms with van der Waals surface area (Å²) in [6.45, 7) is -0.456. The second-order valence-electron chi connectivity index (χ2n) is 6.12. The summed E-state index contributed by atoms with van der Waals surface area (Å²) >= 11 is 0. The summed E-state index contributed by atoms with van der Waals surface area (Å²) in [5.74, 6) is -0.293. The number of rotatable bonds is 6. The Morgan fingerprint density at radius 2 is 1.73 bits per heavy atom. The van der Waals surface area contributed by atoms with E-state index in [1.807, 2.05) is 0 Å². The highest BCUT2D eigenvalue weighted by Crippen LogP contribution is 2.39. The normalized spacial score (nSPS) is 12.4. The molecule has 0 saturated heterocycles. The molecule has 0 aromatic heterocycles. The molecule has 2 aromatic rings. The van der Waals surface area contributed by atoms with Gasteiger partial charge in [-0.15, -0.1) is 0 Å². The minimum atomic E-state index is -0.630. The minimum absolute atomic E-state index is 0.128. The predicted octanol–water partition coefficient (Wildman–Crippen LogP) is 0.899. The van der Waals surface area contributed by atoms with Crippen molar-refractivity contribution >= 4 is 23.4 Å². The lowest BCUT2D eigenvalue weighted by Crippen LogP contribution is -2.49. The van der Waals surface area contributed by atoms with E-state index in [0.717, 1.165) is 0 Å². The first-order valence-corrected chi connectivity index (χ1v) is 8.90. The van der Waals surface area contributed by atoms with Gasteiger partial charge in [-0.3, -0.25) is 30.1 Å². The third kappa shape index (κ3) is 4.07. The number of hydrogen-bond acceptors (Lipinski definition) is 7. The molecular weight excluding hydrogens is 394 g/mol. The van der Waals surface area contributed by atoms with Crippen molar-refractivity contribution in [1.29, 1.82) is 0 Å². The van der Waals surface area contributed by atoms with E-state index in [1.165, 1.54) is 32.3 Å². The lowest BCUT2D eigenvalue weighted by Gasteiger charge is -2.28. The Hall–Kier alpha value is -3.95. The molecule has 1 aliphatic heterocycles. The van der Waals surface area contributed by atoms with E-state index in [0.29, 0.717) is 17.2 Å². The van der Waals surface area contributed by atoms with E-state index in [9.17, 15) is 14.4 Å². The molecule has 1 aliphatic rings. The van der Waals surface area contributed by atoms with Crippen LogP contribution < -0.4 is 34.7 Å². The number of carbonyl (C=O) groups excluding carboxylic acids is 3. The van der Waals surface area contributed by atoms with Crippen LogP contribution in [-0.4, -0.2) is 52.2 Å². The Morgan fingerprint density at radius 1 is 1.00 bits per heavy atom. The molecular formula is C20H21N3O7. The first kappa shape index (κ1) is 20.8. The van der Waals surface area contributed by atoms with Crippen molar-refractivity contribution in [3.63, 3.8) is 0 Å². The number of fused-ring (bicyclic) bond motifs is 1. The van der Waals surface area contributed by atoms with Gasteiger partial charge < -0.3 is 18.9 Å². The third-order valence-electron chi connectivity index (χ3n) is 4.37. The number of anilines is 1. The third-order valence-corrected chi connectivity index (χ3v) is 4.37. The van der Waals surface area contributed by atoms with Crippen LogP contribution in [0.5, 0.6) is 23.0 Å². The SMILES string of the molecule is COc1ccc(C(=O)NNC(=O)CN2C(=O)COc3ccccc32)c(OC)c1OC. The van der Waals surface area contributed by atoms with Crippen molar-refractivity contribution in [2.45, 2.75) is 0 Å². The van der Waals surface area contributed by atoms with Crippen LogP contribution in [-0.2, 0) is 9.59 Å². The highest BCUT2D eigenvalue weighted by Gasteiger charge is 2.27. The maximum atomic E-state index is 12.5. The molecule has 2 aromatic carbocycles. The van der Waals surface area contributed by atoms with Crippen LogP contribution in [0.4, 0.5) is 5.69 Å². The largest absolute Gasteiger partial charge is 0.493 e. The highest BCUT2D eigenvalue weighted by molar-refractivity contribution is 6.03. The van der Waals surface area contributed by atoms with Crippen molar-refractivity contribution in [3.05, 3.63) is 42.0 Å². The summed E-state index contributed by atoms with van der Waals surface area (Å²) in [4.78, 5) is 38.3. The number of nitrogens with zero attached hydrogens (tertiary/aromatic N) is 1. The van der Waals surface area contributed by atoms with E-state index in [-0.39, 0.29) is 36.1 Å². The van der Waals surface area contributed by atoms with Gasteiger partial charge in [0.2, 0.25) is 5.75 Å². The monoisotopic (exact) mass is 415 g/mol. The molecule has 0 spiro atoms. The van der Waals surface area contributed by atoms with Gasteiger partial charge in [0.1, 0.15) is 12.3 Å². The van der Waals surface area contributed by atoms with Gasteiger partial charge in [-0.2, -0.15) is 0 Å². The number of nitrogens with one attached hydrogen (secondary N) is 2. The zero-order chi connectivity index (χ0) is 21.7. The van der Waals surface area contributed by atoms with Crippen LogP contribution in [0, 0.1) is 0 Å². The molecule has 10 nitrogen and oxygen atoms in total. The van der Waals surface area contributed by atoms with Crippen molar-refractivity contribution < 1.29 is 33.3 Å². The standard InChI is InChI=1S/C20H21N3O7/c1-27-15-9-8-12(18(28-2)19(15)29-3)20(26)22-21-16(24)10-23-13-6-4-5-7-14(13)30-11-17(23)25/h4-9H,10-11H2,1-3H3,(H,21,24)(H,22,26). The van der Waals surface area contributed by atoms with Crippen LogP contribution in [0.15, 0.2) is 36.4 Å². The lowest BCUT2D eigenvalue weighted by molar-refractivity contribution is -0.125. The number of amides is 3. The lowest BCUT2D eigenvalue weighted by atomic mass is 10.1. The van der Waals surface area contributed by atoms with Crippen molar-refractivity contribution in [1.82, 2.24) is 10.9 Å². The van der Waals surface area contributed by atoms with E-state index < -0.39 is 11.8 Å². The maximum Gasteiger partial charge on any atom is 0.273 e. The molecule has 0 atom stereocenters. The molecule has 158 valence electrons. The number of methoxy groups -OCH3 is 3. The second kappa shape index (κ2) is 9.03. The van der Waals surface area contributed by atoms with Gasteiger partial charge in [0.05, 0.1) is 32.6 Å². The van der Waals surface area contributed by atoms with E-state index in [4.69, 9.17) is 18.9 Å². The number of benzene rings is 2. The molecule has 30 heavy (non-hydrogen) atoms. The van der Waals surface area contributed by atoms with Crippen LogP contribution in [0.2, 0.25) is 0 Å². The molecule has 3 rings (SSSR count). The molecule has 0 unspecified atom stereocenters. The molecule has 0 bridgehead atoms. The van der Waals surface area contributed by atoms with Gasteiger partial charge in [0.15, 0.2) is 18.1 Å². The van der Waals surface area contributed by atoms with E-state index >= 15 is 0 Å². The average Bonchev–Trinajstić information content (AvgIpc) is 2.78. The summed E-state index contributed by atoms with van der Waals surface area (Å²) in [5, 5.41) is 0. The summed E-state index contributed by atoms with van der Waals surface area (Å²) in [7, 11) is 4.26. The summed E-state index contributed by atoms with van der Waals surface area (Å²) in [6, 6.07) is 9.90. The topological polar surface area (TPSA) is 115 Å². The van der Waals surface area contributed by atoms with Crippen LogP contribution in [0.3, 0.4) is 0 Å². The predicted molar refractivity (Wildman–Crippen MR) is 106 cm³/mol. The van der Waals surface area contributed by atoms with Gasteiger partial charge in [-0.25, -0.2) is 0 Å². The molecule has 0 aliphatic carbocycles. The van der Waals surface area contributed by atoms with Gasteiger partial charge in [0, 0.05) is 0 Å². The first-order valence-electron chi connectivity index (χ1n) is 8.90. The quantitative estimate of drug-likeness (QED) is 0.674. The zero-order valence-electron chi connectivity index (χ0n) is 16.7. The molecule has 0 radical (unpaired) electrons. The summed E-state index contributed by atoms with van der Waals surface area (Å²) in [6.07, 6.45) is 0. The maximum absolute atomic E-state index is 12.5. The van der Waals surface area contributed by atoms with Crippen LogP contribution in [0.25, 0.3) is 0 Å². The van der Waals surface area contributed by atoms with Crippen molar-refractivity contribution in [3.8, 4) is 23.0 Å². The number of hydrazine groups is 1. The van der Waals surface area contributed by atoms with Crippen LogP contribution in [0.1, 0.15) is 10.4 Å². The first-order chi connectivity index (χ1) is 14.5. The summed E-state index contributed by atoms with van der Waals surface area (Å²) in [5.41, 5.74) is 5.21. The number of hydrogen-bond donors (Lipinski definition) is 2. The molecule has 2 N–H and O–H groups in total. The summed E-state index contributed by atoms with van der Waals surface area (Å²) < 4.78 is 21.0. The fourth-order valence-corrected chi connectivity index (χ4v) is 2.98. The highest BCUT2D eigenvalue weighted by atomic mass is 16.5. The zero-order valence-corrected chi connectivity index (χ0v) is 16.7. The Bertz CT molecular complexity index is 977. The Labute approximate surface area is 172 Å². The fraction of sp³-hybridized carbons (Fsp3) is 0.250. The fourth-order valence-electron chi connectivity index (χ4n) is 2.98. The molecule has 1 heterocycles. The average molecular weight is 415 g/mol. The second-order valence-corrected chi connectivity index (χ2v) is 6.12. The Kier molecular flexibility index (Phi) is 6.26. The van der Waals surface area contributed by atoms with Crippen molar-refractivity contribution in [2.24, 2.45) is 0 Å². The van der Waals surface area contributed by atoms with Crippen molar-refractivity contribution in [2.75, 3.05) is 39.4 Å². The minimum Gasteiger partial charge on any atom is -0.493 e. The van der Waals surface area contributed by atoms with Gasteiger partial charge in [0.25, 0.3) is 17.7 Å². The molecule has 0 saturated carbocycles. The molecule has 0 fully saturated rings.